The monoisotopic (exact) mass is 162 g/mol. The summed E-state index contributed by atoms with van der Waals surface area (Å²) in [5.41, 5.74) is -0.521. The van der Waals surface area contributed by atoms with E-state index >= 15 is 0 Å². The van der Waals surface area contributed by atoms with Gasteiger partial charge in [-0.2, -0.15) is 4.89 Å². The third-order valence-electron chi connectivity index (χ3n) is 1.19. The minimum Gasteiger partial charge on any atom is -0.448 e. The van der Waals surface area contributed by atoms with E-state index in [1.807, 2.05) is 6.92 Å². The Balaban J connectivity index is 3.63. The van der Waals surface area contributed by atoms with Crippen LogP contribution in [0.2, 0.25) is 0 Å². The van der Waals surface area contributed by atoms with Gasteiger partial charge in [-0.05, 0) is 20.3 Å². The van der Waals surface area contributed by atoms with Gasteiger partial charge < -0.3 is 5.11 Å². The molecular weight excluding hydrogens is 148 g/mol. The van der Waals surface area contributed by atoms with E-state index in [-0.39, 0.29) is 0 Å². The standard InChI is InChI=1S/C7H14O4/c1-4-5-7(2,3)11-10-6(8)9/h4-5H2,1-3H3,(H,8,9). The van der Waals surface area contributed by atoms with E-state index < -0.39 is 11.8 Å². The minimum absolute atomic E-state index is 0.521. The summed E-state index contributed by atoms with van der Waals surface area (Å²) in [5, 5.41) is 8.10. The maximum absolute atomic E-state index is 9.90. The van der Waals surface area contributed by atoms with Gasteiger partial charge in [0.25, 0.3) is 0 Å². The van der Waals surface area contributed by atoms with Gasteiger partial charge in [-0.1, -0.05) is 13.3 Å². The number of hydrogen-bond acceptors (Lipinski definition) is 3. The van der Waals surface area contributed by atoms with Crippen molar-refractivity contribution in [2.45, 2.75) is 39.2 Å². The van der Waals surface area contributed by atoms with Crippen molar-refractivity contribution in [1.82, 2.24) is 0 Å². The Bertz CT molecular complexity index is 130. The van der Waals surface area contributed by atoms with Crippen molar-refractivity contribution in [2.75, 3.05) is 0 Å². The number of carboxylic acid groups (broad SMARTS) is 1. The van der Waals surface area contributed by atoms with E-state index in [0.29, 0.717) is 0 Å². The molecule has 0 heterocycles. The molecule has 0 saturated carbocycles. The smallest absolute Gasteiger partial charge is 0.448 e. The first-order valence-electron chi connectivity index (χ1n) is 3.56. The highest BCUT2D eigenvalue weighted by atomic mass is 17.2. The molecule has 0 aromatic carbocycles. The van der Waals surface area contributed by atoms with E-state index in [2.05, 4.69) is 9.78 Å². The topological polar surface area (TPSA) is 55.8 Å². The normalized spacial score (nSPS) is 11.2. The fourth-order valence-electron chi connectivity index (χ4n) is 0.792. The zero-order chi connectivity index (χ0) is 8.91. The Morgan fingerprint density at radius 3 is 2.45 bits per heavy atom. The lowest BCUT2D eigenvalue weighted by Gasteiger charge is -2.20. The highest BCUT2D eigenvalue weighted by Crippen LogP contribution is 2.16. The Kier molecular flexibility index (Phi) is 3.89. The average molecular weight is 162 g/mol. The molecule has 0 aliphatic heterocycles. The summed E-state index contributed by atoms with van der Waals surface area (Å²) in [6, 6.07) is 0. The molecule has 0 aliphatic carbocycles. The van der Waals surface area contributed by atoms with E-state index in [0.717, 1.165) is 12.8 Å². The highest BCUT2D eigenvalue weighted by molar-refractivity contribution is 5.55. The predicted molar refractivity (Wildman–Crippen MR) is 39.2 cm³/mol. The van der Waals surface area contributed by atoms with Crippen LogP contribution in [0.3, 0.4) is 0 Å². The Morgan fingerprint density at radius 2 is 2.09 bits per heavy atom. The number of rotatable bonds is 4. The molecule has 4 heteroatoms. The van der Waals surface area contributed by atoms with Gasteiger partial charge in [-0.15, -0.1) is 0 Å². The van der Waals surface area contributed by atoms with Gasteiger partial charge in [0.2, 0.25) is 0 Å². The fourth-order valence-corrected chi connectivity index (χ4v) is 0.792. The summed E-state index contributed by atoms with van der Waals surface area (Å²) in [4.78, 5) is 18.5. The maximum Gasteiger partial charge on any atom is 0.537 e. The van der Waals surface area contributed by atoms with Gasteiger partial charge in [0.15, 0.2) is 0 Å². The van der Waals surface area contributed by atoms with E-state index in [9.17, 15) is 4.79 Å². The molecule has 0 saturated heterocycles. The second kappa shape index (κ2) is 4.18. The van der Waals surface area contributed by atoms with Gasteiger partial charge in [0, 0.05) is 0 Å². The molecular formula is C7H14O4. The second-order valence-corrected chi connectivity index (χ2v) is 2.94. The van der Waals surface area contributed by atoms with Crippen molar-refractivity contribution in [2.24, 2.45) is 0 Å². The summed E-state index contributed by atoms with van der Waals surface area (Å²) >= 11 is 0. The van der Waals surface area contributed by atoms with Gasteiger partial charge in [-0.3, -0.25) is 4.89 Å². The largest absolute Gasteiger partial charge is 0.537 e. The van der Waals surface area contributed by atoms with Gasteiger partial charge in [0.05, 0.1) is 0 Å². The molecule has 0 spiro atoms. The molecule has 0 amide bonds. The summed E-state index contributed by atoms with van der Waals surface area (Å²) in [6.45, 7) is 5.55. The summed E-state index contributed by atoms with van der Waals surface area (Å²) in [6.07, 6.45) is 0.283. The molecule has 0 fully saturated rings. The second-order valence-electron chi connectivity index (χ2n) is 2.94. The van der Waals surface area contributed by atoms with Crippen molar-refractivity contribution in [3.05, 3.63) is 0 Å². The Hall–Kier alpha value is -0.770. The minimum atomic E-state index is -1.41. The van der Waals surface area contributed by atoms with E-state index in [4.69, 9.17) is 5.11 Å². The number of hydrogen-bond donors (Lipinski definition) is 1. The van der Waals surface area contributed by atoms with Crippen LogP contribution in [-0.4, -0.2) is 16.9 Å². The zero-order valence-electron chi connectivity index (χ0n) is 7.09. The van der Waals surface area contributed by atoms with E-state index in [1.165, 1.54) is 0 Å². The lowest BCUT2D eigenvalue weighted by Crippen LogP contribution is -2.25. The summed E-state index contributed by atoms with van der Waals surface area (Å²) < 4.78 is 0. The molecule has 0 aliphatic rings. The molecule has 0 rings (SSSR count). The Labute approximate surface area is 66.0 Å². The first-order valence-corrected chi connectivity index (χ1v) is 3.56. The first kappa shape index (κ1) is 10.2. The summed E-state index contributed by atoms with van der Waals surface area (Å²) in [7, 11) is 0. The molecule has 11 heavy (non-hydrogen) atoms. The SMILES string of the molecule is CCCC(C)(C)OOC(=O)O. The van der Waals surface area contributed by atoms with Crippen molar-refractivity contribution < 1.29 is 19.7 Å². The van der Waals surface area contributed by atoms with Gasteiger partial charge in [0.1, 0.15) is 5.60 Å². The molecule has 1 N–H and O–H groups in total. The molecule has 0 aromatic rings. The van der Waals surface area contributed by atoms with Crippen LogP contribution in [-0.2, 0) is 9.78 Å². The lowest BCUT2D eigenvalue weighted by atomic mass is 10.0. The van der Waals surface area contributed by atoms with Crippen molar-refractivity contribution in [3.63, 3.8) is 0 Å². The highest BCUT2D eigenvalue weighted by Gasteiger charge is 2.20. The third-order valence-corrected chi connectivity index (χ3v) is 1.19. The first-order chi connectivity index (χ1) is 4.98. The van der Waals surface area contributed by atoms with E-state index in [1.54, 1.807) is 13.8 Å². The molecule has 0 radical (unpaired) electrons. The quantitative estimate of drug-likeness (QED) is 0.508. The van der Waals surface area contributed by atoms with Crippen molar-refractivity contribution in [1.29, 1.82) is 0 Å². The zero-order valence-corrected chi connectivity index (χ0v) is 7.09. The fraction of sp³-hybridized carbons (Fsp3) is 0.857. The van der Waals surface area contributed by atoms with Crippen LogP contribution in [0.4, 0.5) is 4.79 Å². The molecule has 0 bridgehead atoms. The van der Waals surface area contributed by atoms with Crippen LogP contribution < -0.4 is 0 Å². The third kappa shape index (κ3) is 5.66. The molecule has 66 valence electrons. The number of carbonyl (C=O) groups is 1. The van der Waals surface area contributed by atoms with Crippen molar-refractivity contribution in [3.8, 4) is 0 Å². The van der Waals surface area contributed by atoms with Crippen LogP contribution in [0.15, 0.2) is 0 Å². The van der Waals surface area contributed by atoms with Gasteiger partial charge in [-0.25, -0.2) is 4.79 Å². The van der Waals surface area contributed by atoms with Gasteiger partial charge >= 0.3 is 6.16 Å². The van der Waals surface area contributed by atoms with Crippen LogP contribution in [0.25, 0.3) is 0 Å². The van der Waals surface area contributed by atoms with Crippen LogP contribution in [0.1, 0.15) is 33.6 Å². The average Bonchev–Trinajstić information content (AvgIpc) is 1.84. The summed E-state index contributed by atoms with van der Waals surface area (Å²) in [5.74, 6) is 0. The van der Waals surface area contributed by atoms with Crippen LogP contribution in [0.5, 0.6) is 0 Å². The molecule has 0 atom stereocenters. The predicted octanol–water partition coefficient (Wildman–Crippen LogP) is 2.19. The van der Waals surface area contributed by atoms with Crippen molar-refractivity contribution >= 4 is 6.16 Å². The molecule has 4 nitrogen and oxygen atoms in total. The molecule has 0 unspecified atom stereocenters. The Morgan fingerprint density at radius 1 is 1.55 bits per heavy atom. The maximum atomic E-state index is 9.90. The molecule has 0 aromatic heterocycles. The van der Waals surface area contributed by atoms with Crippen LogP contribution >= 0.6 is 0 Å². The van der Waals surface area contributed by atoms with Crippen LogP contribution in [0, 0.1) is 0 Å². The lowest BCUT2D eigenvalue weighted by molar-refractivity contribution is -0.316.